The summed E-state index contributed by atoms with van der Waals surface area (Å²) in [7, 11) is 1.60. The molecule has 0 aliphatic heterocycles. The molecule has 24 heavy (non-hydrogen) atoms. The van der Waals surface area contributed by atoms with Gasteiger partial charge in [0.15, 0.2) is 11.0 Å². The molecule has 1 aromatic carbocycles. The highest BCUT2D eigenvalue weighted by molar-refractivity contribution is 8.00. The van der Waals surface area contributed by atoms with Gasteiger partial charge in [-0.3, -0.25) is 9.36 Å². The number of thioether (sulfide) groups is 1. The summed E-state index contributed by atoms with van der Waals surface area (Å²) in [6, 6.07) is 9.85. The van der Waals surface area contributed by atoms with E-state index < -0.39 is 0 Å². The third-order valence-electron chi connectivity index (χ3n) is 3.32. The Morgan fingerprint density at radius 3 is 2.83 bits per heavy atom. The van der Waals surface area contributed by atoms with E-state index in [9.17, 15) is 4.79 Å². The summed E-state index contributed by atoms with van der Waals surface area (Å²) < 4.78 is 6.90. The van der Waals surface area contributed by atoms with Crippen molar-refractivity contribution in [2.45, 2.75) is 23.9 Å². The predicted octanol–water partition coefficient (Wildman–Crippen LogP) is 2.37. The molecule has 0 spiro atoms. The van der Waals surface area contributed by atoms with Gasteiger partial charge < -0.3 is 10.1 Å². The molecule has 1 amide bonds. The lowest BCUT2D eigenvalue weighted by Crippen LogP contribution is -2.33. The van der Waals surface area contributed by atoms with Crippen molar-refractivity contribution in [1.29, 1.82) is 0 Å². The number of nitrogens with one attached hydrogen (secondary N) is 1. The van der Waals surface area contributed by atoms with Crippen LogP contribution in [0.5, 0.6) is 0 Å². The second-order valence-electron chi connectivity index (χ2n) is 5.12. The average molecular weight is 346 g/mol. The number of allylic oxidation sites excluding steroid dienone is 1. The minimum atomic E-state index is -0.279. The second kappa shape index (κ2) is 9.24. The molecule has 1 atom stereocenters. The van der Waals surface area contributed by atoms with Crippen LogP contribution in [0.2, 0.25) is 0 Å². The highest BCUT2D eigenvalue weighted by atomic mass is 32.2. The maximum Gasteiger partial charge on any atom is 0.233 e. The molecular weight excluding hydrogens is 324 g/mol. The fourth-order valence-corrected chi connectivity index (χ4v) is 2.98. The maximum atomic E-state index is 12.1. The smallest absolute Gasteiger partial charge is 0.233 e. The number of aromatic nitrogens is 3. The minimum Gasteiger partial charge on any atom is -0.383 e. The van der Waals surface area contributed by atoms with Gasteiger partial charge in [-0.2, -0.15) is 0 Å². The van der Waals surface area contributed by atoms with E-state index in [0.29, 0.717) is 24.9 Å². The van der Waals surface area contributed by atoms with Gasteiger partial charge in [-0.05, 0) is 6.92 Å². The van der Waals surface area contributed by atoms with Crippen LogP contribution in [-0.4, -0.2) is 46.2 Å². The number of methoxy groups -OCH3 is 1. The lowest BCUT2D eigenvalue weighted by atomic mass is 10.2. The number of amides is 1. The van der Waals surface area contributed by atoms with E-state index in [2.05, 4.69) is 22.1 Å². The Hall–Kier alpha value is -2.12. The van der Waals surface area contributed by atoms with E-state index in [1.54, 1.807) is 13.2 Å². The van der Waals surface area contributed by atoms with Crippen molar-refractivity contribution in [2.75, 3.05) is 20.3 Å². The molecule has 0 saturated carbocycles. The van der Waals surface area contributed by atoms with Crippen LogP contribution in [0.25, 0.3) is 11.4 Å². The number of carbonyl (C=O) groups is 1. The topological polar surface area (TPSA) is 69.0 Å². The van der Waals surface area contributed by atoms with Crippen molar-refractivity contribution in [3.05, 3.63) is 43.0 Å². The van der Waals surface area contributed by atoms with E-state index in [-0.39, 0.29) is 11.2 Å². The van der Waals surface area contributed by atoms with Crippen molar-refractivity contribution in [3.63, 3.8) is 0 Å². The van der Waals surface area contributed by atoms with E-state index in [1.165, 1.54) is 11.8 Å². The predicted molar refractivity (Wildman–Crippen MR) is 95.9 cm³/mol. The van der Waals surface area contributed by atoms with Gasteiger partial charge in [-0.15, -0.1) is 16.8 Å². The highest BCUT2D eigenvalue weighted by Gasteiger charge is 2.20. The van der Waals surface area contributed by atoms with Crippen LogP contribution in [-0.2, 0) is 16.1 Å². The molecule has 128 valence electrons. The lowest BCUT2D eigenvalue weighted by molar-refractivity contribution is -0.120. The van der Waals surface area contributed by atoms with Crippen LogP contribution in [0.3, 0.4) is 0 Å². The molecule has 2 aromatic rings. The summed E-state index contributed by atoms with van der Waals surface area (Å²) in [6.07, 6.45) is 1.79. The van der Waals surface area contributed by atoms with Crippen LogP contribution in [0.4, 0.5) is 0 Å². The van der Waals surface area contributed by atoms with E-state index in [0.717, 1.165) is 11.4 Å². The van der Waals surface area contributed by atoms with Crippen molar-refractivity contribution in [2.24, 2.45) is 0 Å². The molecule has 0 unspecified atom stereocenters. The summed E-state index contributed by atoms with van der Waals surface area (Å²) in [5, 5.41) is 11.8. The summed E-state index contributed by atoms with van der Waals surface area (Å²) in [6.45, 7) is 7.22. The zero-order chi connectivity index (χ0) is 17.4. The zero-order valence-corrected chi connectivity index (χ0v) is 14.8. The Kier molecular flexibility index (Phi) is 7.02. The fourth-order valence-electron chi connectivity index (χ4n) is 2.10. The Labute approximate surface area is 146 Å². The number of rotatable bonds is 9. The molecule has 1 heterocycles. The van der Waals surface area contributed by atoms with Gasteiger partial charge in [-0.1, -0.05) is 48.2 Å². The van der Waals surface area contributed by atoms with Crippen LogP contribution in [0.15, 0.2) is 48.1 Å². The van der Waals surface area contributed by atoms with Crippen molar-refractivity contribution in [1.82, 2.24) is 20.1 Å². The first-order valence-electron chi connectivity index (χ1n) is 7.70. The monoisotopic (exact) mass is 346 g/mol. The number of hydrogen-bond donors (Lipinski definition) is 1. The van der Waals surface area contributed by atoms with E-state index >= 15 is 0 Å². The van der Waals surface area contributed by atoms with Crippen LogP contribution in [0.1, 0.15) is 6.92 Å². The van der Waals surface area contributed by atoms with E-state index in [1.807, 2.05) is 41.8 Å². The first-order valence-corrected chi connectivity index (χ1v) is 8.58. The van der Waals surface area contributed by atoms with Gasteiger partial charge in [0.1, 0.15) is 0 Å². The van der Waals surface area contributed by atoms with Crippen LogP contribution >= 0.6 is 11.8 Å². The second-order valence-corrected chi connectivity index (χ2v) is 6.42. The first kappa shape index (κ1) is 18.2. The lowest BCUT2D eigenvalue weighted by Gasteiger charge is -2.12. The quantitative estimate of drug-likeness (QED) is 0.429. The first-order chi connectivity index (χ1) is 11.7. The summed E-state index contributed by atoms with van der Waals surface area (Å²) in [4.78, 5) is 12.1. The molecule has 0 bridgehead atoms. The molecule has 1 N–H and O–H groups in total. The molecular formula is C17H22N4O2S. The number of carbonyl (C=O) groups excluding carboxylic acids is 1. The van der Waals surface area contributed by atoms with Crippen molar-refractivity contribution < 1.29 is 9.53 Å². The number of nitrogens with zero attached hydrogens (tertiary/aromatic N) is 3. The summed E-state index contributed by atoms with van der Waals surface area (Å²) in [5.41, 5.74) is 0.982. The standard InChI is InChI=1S/C17H22N4O2S/c1-4-11-21-15(14-8-6-5-7-9-14)19-20-17(21)24-13(2)16(22)18-10-12-23-3/h4-9,13H,1,10-12H2,2-3H3,(H,18,22)/t13-/m1/s1. The van der Waals surface area contributed by atoms with Gasteiger partial charge >= 0.3 is 0 Å². The van der Waals surface area contributed by atoms with Gasteiger partial charge in [0.05, 0.1) is 11.9 Å². The van der Waals surface area contributed by atoms with Gasteiger partial charge in [-0.25, -0.2) is 0 Å². The van der Waals surface area contributed by atoms with Gasteiger partial charge in [0.25, 0.3) is 0 Å². The molecule has 6 nitrogen and oxygen atoms in total. The third-order valence-corrected chi connectivity index (χ3v) is 4.40. The van der Waals surface area contributed by atoms with E-state index in [4.69, 9.17) is 4.74 Å². The fraction of sp³-hybridized carbons (Fsp3) is 0.353. The molecule has 2 rings (SSSR count). The van der Waals surface area contributed by atoms with Crippen LogP contribution in [0, 0.1) is 0 Å². The number of benzene rings is 1. The Bertz CT molecular complexity index is 672. The van der Waals surface area contributed by atoms with Gasteiger partial charge in [0.2, 0.25) is 5.91 Å². The summed E-state index contributed by atoms with van der Waals surface area (Å²) in [5.74, 6) is 0.719. The molecule has 7 heteroatoms. The molecule has 0 radical (unpaired) electrons. The third kappa shape index (κ3) is 4.69. The zero-order valence-electron chi connectivity index (χ0n) is 13.9. The molecule has 0 fully saturated rings. The Morgan fingerprint density at radius 2 is 2.17 bits per heavy atom. The minimum absolute atomic E-state index is 0.0496. The largest absolute Gasteiger partial charge is 0.383 e. The van der Waals surface area contributed by atoms with Crippen molar-refractivity contribution >= 4 is 17.7 Å². The highest BCUT2D eigenvalue weighted by Crippen LogP contribution is 2.26. The normalized spacial score (nSPS) is 11.9. The molecule has 1 aromatic heterocycles. The average Bonchev–Trinajstić information content (AvgIpc) is 2.98. The molecule has 0 aliphatic carbocycles. The maximum absolute atomic E-state index is 12.1. The van der Waals surface area contributed by atoms with Crippen LogP contribution < -0.4 is 5.32 Å². The molecule has 0 aliphatic rings. The van der Waals surface area contributed by atoms with Gasteiger partial charge in [0, 0.05) is 25.8 Å². The summed E-state index contributed by atoms with van der Waals surface area (Å²) >= 11 is 1.38. The number of ether oxygens (including phenoxy) is 1. The Morgan fingerprint density at radius 1 is 1.42 bits per heavy atom. The number of hydrogen-bond acceptors (Lipinski definition) is 5. The SMILES string of the molecule is C=CCn1c(S[C@H](C)C(=O)NCCOC)nnc1-c1ccccc1. The Balaban J connectivity index is 2.14. The van der Waals surface area contributed by atoms with Crippen molar-refractivity contribution in [3.8, 4) is 11.4 Å². The molecule has 0 saturated heterocycles.